The Hall–Kier alpha value is -1.00. The van der Waals surface area contributed by atoms with Gasteiger partial charge in [0.05, 0.1) is 6.04 Å². The molecule has 19 heavy (non-hydrogen) atoms. The van der Waals surface area contributed by atoms with Crippen molar-refractivity contribution in [3.63, 3.8) is 0 Å². The van der Waals surface area contributed by atoms with Crippen molar-refractivity contribution in [2.24, 2.45) is 5.73 Å². The van der Waals surface area contributed by atoms with Crippen LogP contribution in [0.2, 0.25) is 0 Å². The van der Waals surface area contributed by atoms with Gasteiger partial charge in [-0.2, -0.15) is 11.8 Å². The normalized spacial score (nSPS) is 13.9. The Labute approximate surface area is 120 Å². The van der Waals surface area contributed by atoms with E-state index in [1.807, 2.05) is 42.3 Å². The molecule has 0 fully saturated rings. The van der Waals surface area contributed by atoms with E-state index in [0.717, 1.165) is 17.7 Å². The zero-order chi connectivity index (χ0) is 14.3. The van der Waals surface area contributed by atoms with Crippen LogP contribution in [0.4, 0.5) is 0 Å². The Bertz CT molecular complexity index is 383. The molecule has 1 rings (SSSR count). The molecule has 2 N–H and O–H groups in total. The van der Waals surface area contributed by atoms with Crippen molar-refractivity contribution >= 4 is 17.7 Å². The summed E-state index contributed by atoms with van der Waals surface area (Å²) in [4.78, 5) is 14.1. The summed E-state index contributed by atoms with van der Waals surface area (Å²) in [5.74, 6) is 0.987. The van der Waals surface area contributed by atoms with Crippen molar-refractivity contribution in [3.8, 4) is 0 Å². The van der Waals surface area contributed by atoms with Crippen LogP contribution in [0.5, 0.6) is 0 Å². The second-order valence-electron chi connectivity index (χ2n) is 4.76. The molecule has 2 atom stereocenters. The molecule has 0 aromatic heterocycles. The van der Waals surface area contributed by atoms with Gasteiger partial charge in [-0.15, -0.1) is 0 Å². The van der Waals surface area contributed by atoms with Crippen LogP contribution in [-0.2, 0) is 11.2 Å². The Morgan fingerprint density at radius 1 is 1.37 bits per heavy atom. The summed E-state index contributed by atoms with van der Waals surface area (Å²) in [6.07, 6.45) is 3.62. The summed E-state index contributed by atoms with van der Waals surface area (Å²) in [5, 5.41) is 0. The fourth-order valence-corrected chi connectivity index (χ4v) is 2.94. The highest BCUT2D eigenvalue weighted by Gasteiger charge is 2.23. The SMILES string of the molecule is CCC(CSC)N(C)C(=O)[C@H](N)Cc1ccccc1. The first kappa shape index (κ1) is 16.1. The van der Waals surface area contributed by atoms with Gasteiger partial charge in [-0.25, -0.2) is 0 Å². The van der Waals surface area contributed by atoms with Gasteiger partial charge in [-0.05, 0) is 24.7 Å². The van der Waals surface area contributed by atoms with Crippen molar-refractivity contribution in [1.82, 2.24) is 4.90 Å². The van der Waals surface area contributed by atoms with Crippen LogP contribution >= 0.6 is 11.8 Å². The standard InChI is InChI=1S/C15H24N2OS/c1-4-13(11-19-3)17(2)15(18)14(16)10-12-8-6-5-7-9-12/h5-9,13-14H,4,10-11,16H2,1-3H3/t13?,14-/m1/s1. The zero-order valence-electron chi connectivity index (χ0n) is 12.0. The van der Waals surface area contributed by atoms with Gasteiger partial charge in [0, 0.05) is 18.8 Å². The van der Waals surface area contributed by atoms with Gasteiger partial charge in [0.25, 0.3) is 0 Å². The van der Waals surface area contributed by atoms with E-state index in [9.17, 15) is 4.79 Å². The third-order valence-electron chi connectivity index (χ3n) is 3.34. The first-order valence-corrected chi connectivity index (χ1v) is 8.04. The second-order valence-corrected chi connectivity index (χ2v) is 5.67. The molecule has 1 aromatic carbocycles. The van der Waals surface area contributed by atoms with Crippen LogP contribution in [-0.4, -0.2) is 41.9 Å². The quantitative estimate of drug-likeness (QED) is 0.832. The summed E-state index contributed by atoms with van der Waals surface area (Å²) >= 11 is 1.76. The lowest BCUT2D eigenvalue weighted by molar-refractivity contribution is -0.133. The molecule has 1 unspecified atom stereocenters. The molecule has 0 aliphatic heterocycles. The van der Waals surface area contributed by atoms with Crippen molar-refractivity contribution in [1.29, 1.82) is 0 Å². The Kier molecular flexibility index (Phi) is 6.95. The number of rotatable bonds is 7. The number of nitrogens with two attached hydrogens (primary N) is 1. The smallest absolute Gasteiger partial charge is 0.239 e. The molecule has 106 valence electrons. The number of carbonyl (C=O) groups is 1. The lowest BCUT2D eigenvalue weighted by Gasteiger charge is -2.29. The molecule has 0 bridgehead atoms. The van der Waals surface area contributed by atoms with E-state index in [2.05, 4.69) is 13.2 Å². The summed E-state index contributed by atoms with van der Waals surface area (Å²) in [5.41, 5.74) is 7.15. The summed E-state index contributed by atoms with van der Waals surface area (Å²) in [7, 11) is 1.86. The van der Waals surface area contributed by atoms with Crippen molar-refractivity contribution < 1.29 is 4.79 Å². The maximum Gasteiger partial charge on any atom is 0.239 e. The summed E-state index contributed by atoms with van der Waals surface area (Å²) in [6.45, 7) is 2.10. The fourth-order valence-electron chi connectivity index (χ4n) is 2.09. The molecule has 0 aliphatic carbocycles. The van der Waals surface area contributed by atoms with Gasteiger partial charge in [-0.1, -0.05) is 37.3 Å². The van der Waals surface area contributed by atoms with E-state index in [1.165, 1.54) is 0 Å². The predicted molar refractivity (Wildman–Crippen MR) is 83.4 cm³/mol. The number of hydrogen-bond acceptors (Lipinski definition) is 3. The lowest BCUT2D eigenvalue weighted by Crippen LogP contribution is -2.48. The monoisotopic (exact) mass is 280 g/mol. The van der Waals surface area contributed by atoms with Crippen LogP contribution in [0.25, 0.3) is 0 Å². The van der Waals surface area contributed by atoms with Gasteiger partial charge in [0.1, 0.15) is 0 Å². The average molecular weight is 280 g/mol. The van der Waals surface area contributed by atoms with Gasteiger partial charge in [0.2, 0.25) is 5.91 Å². The molecule has 0 radical (unpaired) electrons. The predicted octanol–water partition coefficient (Wildman–Crippen LogP) is 2.16. The minimum Gasteiger partial charge on any atom is -0.341 e. The molecule has 0 heterocycles. The van der Waals surface area contributed by atoms with Crippen molar-refractivity contribution in [2.75, 3.05) is 19.1 Å². The topological polar surface area (TPSA) is 46.3 Å². The second kappa shape index (κ2) is 8.23. The number of likely N-dealkylation sites (N-methyl/N-ethyl adjacent to an activating group) is 1. The molecule has 0 aliphatic rings. The van der Waals surface area contributed by atoms with E-state index in [4.69, 9.17) is 5.73 Å². The maximum atomic E-state index is 12.3. The van der Waals surface area contributed by atoms with Crippen LogP contribution < -0.4 is 5.73 Å². The largest absolute Gasteiger partial charge is 0.341 e. The van der Waals surface area contributed by atoms with Crippen LogP contribution in [0, 0.1) is 0 Å². The molecule has 3 nitrogen and oxygen atoms in total. The van der Waals surface area contributed by atoms with Gasteiger partial charge >= 0.3 is 0 Å². The Balaban J connectivity index is 2.60. The van der Waals surface area contributed by atoms with Crippen LogP contribution in [0.15, 0.2) is 30.3 Å². The van der Waals surface area contributed by atoms with E-state index in [0.29, 0.717) is 6.42 Å². The molecule has 4 heteroatoms. The summed E-state index contributed by atoms with van der Waals surface area (Å²) in [6, 6.07) is 9.73. The van der Waals surface area contributed by atoms with Crippen molar-refractivity contribution in [2.45, 2.75) is 31.8 Å². The molecule has 0 saturated carbocycles. The van der Waals surface area contributed by atoms with Gasteiger partial charge in [0.15, 0.2) is 0 Å². The Morgan fingerprint density at radius 2 is 2.00 bits per heavy atom. The maximum absolute atomic E-state index is 12.3. The number of benzene rings is 1. The van der Waals surface area contributed by atoms with Crippen molar-refractivity contribution in [3.05, 3.63) is 35.9 Å². The molecule has 1 amide bonds. The third-order valence-corrected chi connectivity index (χ3v) is 4.06. The summed E-state index contributed by atoms with van der Waals surface area (Å²) < 4.78 is 0. The Morgan fingerprint density at radius 3 is 2.53 bits per heavy atom. The third kappa shape index (κ3) is 4.88. The van der Waals surface area contributed by atoms with Gasteiger partial charge < -0.3 is 10.6 Å². The first-order chi connectivity index (χ1) is 9.10. The zero-order valence-corrected chi connectivity index (χ0v) is 12.8. The van der Waals surface area contributed by atoms with E-state index in [-0.39, 0.29) is 11.9 Å². The average Bonchev–Trinajstić information content (AvgIpc) is 2.44. The van der Waals surface area contributed by atoms with Crippen LogP contribution in [0.1, 0.15) is 18.9 Å². The van der Waals surface area contributed by atoms with Crippen LogP contribution in [0.3, 0.4) is 0 Å². The minimum atomic E-state index is -0.455. The number of thioether (sulfide) groups is 1. The molecular formula is C15H24N2OS. The van der Waals surface area contributed by atoms with Gasteiger partial charge in [-0.3, -0.25) is 4.79 Å². The highest BCUT2D eigenvalue weighted by Crippen LogP contribution is 2.11. The first-order valence-electron chi connectivity index (χ1n) is 6.65. The number of hydrogen-bond donors (Lipinski definition) is 1. The number of nitrogens with zero attached hydrogens (tertiary/aromatic N) is 1. The molecule has 1 aromatic rings. The molecule has 0 saturated heterocycles. The molecule has 0 spiro atoms. The fraction of sp³-hybridized carbons (Fsp3) is 0.533. The number of amides is 1. The lowest BCUT2D eigenvalue weighted by atomic mass is 10.0. The molecular weight excluding hydrogens is 256 g/mol. The highest BCUT2D eigenvalue weighted by molar-refractivity contribution is 7.98. The number of carbonyl (C=O) groups excluding carboxylic acids is 1. The highest BCUT2D eigenvalue weighted by atomic mass is 32.2. The van der Waals surface area contributed by atoms with E-state index < -0.39 is 6.04 Å². The van der Waals surface area contributed by atoms with E-state index in [1.54, 1.807) is 11.8 Å². The van der Waals surface area contributed by atoms with E-state index >= 15 is 0 Å². The minimum absolute atomic E-state index is 0.0322.